The minimum Gasteiger partial charge on any atom is -0.482 e. The Hall–Kier alpha value is -3.78. The van der Waals surface area contributed by atoms with Gasteiger partial charge in [-0.25, -0.2) is 9.18 Å². The Balaban J connectivity index is 1.42. The Morgan fingerprint density at radius 2 is 1.21 bits per heavy atom. The molecule has 0 radical (unpaired) electrons. The monoisotopic (exact) mass is 541 g/mol. The van der Waals surface area contributed by atoms with E-state index in [1.807, 2.05) is 42.5 Å². The molecular weight excluding hydrogens is 516 g/mol. The molecule has 3 nitrogen and oxygen atoms in total. The van der Waals surface area contributed by atoms with Crippen molar-refractivity contribution in [1.29, 1.82) is 0 Å². The topological polar surface area (TPSA) is 35.5 Å². The highest BCUT2D eigenvalue weighted by Crippen LogP contribution is 2.33. The first-order chi connectivity index (χ1) is 18.0. The number of hydrogen-bond acceptors (Lipinski definition) is 3. The van der Waals surface area contributed by atoms with E-state index < -0.39 is 34.2 Å². The maximum Gasteiger partial charge on any atom is 0.416 e. The van der Waals surface area contributed by atoms with Crippen LogP contribution in [0.15, 0.2) is 118 Å². The normalized spacial score (nSPS) is 12.6. The maximum absolute atomic E-state index is 13.5. The summed E-state index contributed by atoms with van der Waals surface area (Å²) in [6.45, 7) is 2.83. The number of ether oxygens (including phenoxy) is 2. The summed E-state index contributed by atoms with van der Waals surface area (Å²) in [5.74, 6) is -0.509. The van der Waals surface area contributed by atoms with Crippen LogP contribution in [-0.4, -0.2) is 12.6 Å². The molecule has 1 unspecified atom stereocenters. The van der Waals surface area contributed by atoms with Crippen molar-refractivity contribution in [2.24, 2.45) is 0 Å². The Labute approximate surface area is 221 Å². The van der Waals surface area contributed by atoms with Crippen LogP contribution in [0.2, 0.25) is 0 Å². The van der Waals surface area contributed by atoms with Crippen LogP contribution in [0.5, 0.6) is 5.75 Å². The van der Waals surface area contributed by atoms with Gasteiger partial charge < -0.3 is 9.47 Å². The van der Waals surface area contributed by atoms with Crippen molar-refractivity contribution >= 4 is 16.9 Å². The molecule has 0 saturated heterocycles. The van der Waals surface area contributed by atoms with Gasteiger partial charge in [0, 0.05) is 0 Å². The summed E-state index contributed by atoms with van der Waals surface area (Å²) < 4.78 is 63.1. The summed E-state index contributed by atoms with van der Waals surface area (Å²) in [5.41, 5.74) is -1.49. The van der Waals surface area contributed by atoms with E-state index in [4.69, 9.17) is 9.47 Å². The molecule has 4 rings (SSSR count). The zero-order valence-corrected chi connectivity index (χ0v) is 21.5. The van der Waals surface area contributed by atoms with E-state index in [0.29, 0.717) is 11.3 Å². The van der Waals surface area contributed by atoms with E-state index in [0.717, 1.165) is 26.8 Å². The third-order valence-corrected chi connectivity index (χ3v) is 7.95. The molecule has 38 heavy (non-hydrogen) atoms. The van der Waals surface area contributed by atoms with E-state index in [1.54, 1.807) is 38.1 Å². The Morgan fingerprint density at radius 1 is 0.711 bits per heavy atom. The van der Waals surface area contributed by atoms with E-state index in [-0.39, 0.29) is 12.4 Å². The second-order valence-electron chi connectivity index (χ2n) is 8.89. The molecule has 0 N–H and O–H groups in total. The molecule has 0 heterocycles. The number of hydrogen-bond donors (Lipinski definition) is 0. The van der Waals surface area contributed by atoms with Crippen molar-refractivity contribution in [1.82, 2.24) is 0 Å². The van der Waals surface area contributed by atoms with Gasteiger partial charge >= 0.3 is 12.1 Å². The standard InChI is InChI=1S/C30H25F4O3S/c1-29(2,21-8-10-22(11-9-21)30(32,33)34)37-28(35)20-36-24-14-18-27(19-15-24)38(25-6-4-3-5-7-25)26-16-12-23(31)13-17-26/h3-19H,20H2,1-2H3/q+1. The molecule has 1 atom stereocenters. The van der Waals surface area contributed by atoms with Crippen LogP contribution in [-0.2, 0) is 32.2 Å². The van der Waals surface area contributed by atoms with Gasteiger partial charge in [-0.05, 0) is 92.2 Å². The lowest BCUT2D eigenvalue weighted by molar-refractivity contribution is -0.160. The molecule has 0 aliphatic rings. The fraction of sp³-hybridized carbons (Fsp3) is 0.167. The minimum absolute atomic E-state index is 0.303. The van der Waals surface area contributed by atoms with Gasteiger partial charge in [-0.3, -0.25) is 0 Å². The van der Waals surface area contributed by atoms with Gasteiger partial charge in [0.2, 0.25) is 0 Å². The summed E-state index contributed by atoms with van der Waals surface area (Å²) in [6, 6.07) is 28.1. The molecule has 0 spiro atoms. The Kier molecular flexibility index (Phi) is 8.11. The number of carbonyl (C=O) groups excluding carboxylic acids is 1. The lowest BCUT2D eigenvalue weighted by Gasteiger charge is -2.26. The van der Waals surface area contributed by atoms with Crippen LogP contribution in [0, 0.1) is 5.82 Å². The summed E-state index contributed by atoms with van der Waals surface area (Å²) in [6.07, 6.45) is -4.44. The van der Waals surface area contributed by atoms with Crippen LogP contribution in [0.25, 0.3) is 0 Å². The third kappa shape index (κ3) is 6.75. The first-order valence-corrected chi connectivity index (χ1v) is 12.9. The van der Waals surface area contributed by atoms with Crippen molar-refractivity contribution in [3.05, 3.63) is 120 Å². The molecule has 8 heteroatoms. The van der Waals surface area contributed by atoms with Crippen LogP contribution in [0.3, 0.4) is 0 Å². The van der Waals surface area contributed by atoms with E-state index >= 15 is 0 Å². The van der Waals surface area contributed by atoms with E-state index in [2.05, 4.69) is 0 Å². The average Bonchev–Trinajstić information content (AvgIpc) is 2.89. The Morgan fingerprint density at radius 3 is 1.76 bits per heavy atom. The molecule has 0 amide bonds. The van der Waals surface area contributed by atoms with Crippen molar-refractivity contribution in [2.45, 2.75) is 40.3 Å². The van der Waals surface area contributed by atoms with Gasteiger partial charge in [-0.2, -0.15) is 13.2 Å². The first kappa shape index (κ1) is 27.3. The number of rotatable bonds is 8. The van der Waals surface area contributed by atoms with Gasteiger partial charge in [0.05, 0.1) is 16.5 Å². The predicted octanol–water partition coefficient (Wildman–Crippen LogP) is 7.80. The minimum atomic E-state index is -4.44. The van der Waals surface area contributed by atoms with Gasteiger partial charge in [-0.15, -0.1) is 0 Å². The highest BCUT2D eigenvalue weighted by molar-refractivity contribution is 7.97. The zero-order chi connectivity index (χ0) is 27.3. The van der Waals surface area contributed by atoms with Crippen LogP contribution >= 0.6 is 0 Å². The molecule has 4 aromatic carbocycles. The average molecular weight is 542 g/mol. The molecule has 0 aromatic heterocycles. The van der Waals surface area contributed by atoms with Crippen molar-refractivity contribution in [2.75, 3.05) is 6.61 Å². The molecule has 196 valence electrons. The smallest absolute Gasteiger partial charge is 0.416 e. The van der Waals surface area contributed by atoms with Crippen molar-refractivity contribution < 1.29 is 31.8 Å². The summed E-state index contributed by atoms with van der Waals surface area (Å²) in [4.78, 5) is 15.5. The summed E-state index contributed by atoms with van der Waals surface area (Å²) in [5, 5.41) is 0. The van der Waals surface area contributed by atoms with Crippen LogP contribution in [0.1, 0.15) is 25.0 Å². The number of carbonyl (C=O) groups is 1. The lowest BCUT2D eigenvalue weighted by atomic mass is 9.97. The second-order valence-corrected chi connectivity index (χ2v) is 10.9. The molecule has 0 aliphatic heterocycles. The zero-order valence-electron chi connectivity index (χ0n) is 20.7. The van der Waals surface area contributed by atoms with Crippen molar-refractivity contribution in [3.8, 4) is 5.75 Å². The largest absolute Gasteiger partial charge is 0.482 e. The van der Waals surface area contributed by atoms with E-state index in [9.17, 15) is 22.4 Å². The first-order valence-electron chi connectivity index (χ1n) is 11.7. The number of esters is 1. The molecular formula is C30H25F4O3S+. The third-order valence-electron chi connectivity index (χ3n) is 5.72. The molecule has 0 aliphatic carbocycles. The fourth-order valence-corrected chi connectivity index (χ4v) is 5.85. The van der Waals surface area contributed by atoms with Gasteiger partial charge in [-0.1, -0.05) is 30.3 Å². The molecule has 0 fully saturated rings. The maximum atomic E-state index is 13.5. The van der Waals surface area contributed by atoms with Gasteiger partial charge in [0.1, 0.15) is 17.2 Å². The van der Waals surface area contributed by atoms with Crippen LogP contribution < -0.4 is 4.74 Å². The van der Waals surface area contributed by atoms with Crippen LogP contribution in [0.4, 0.5) is 17.6 Å². The fourth-order valence-electron chi connectivity index (χ4n) is 3.78. The summed E-state index contributed by atoms with van der Waals surface area (Å²) >= 11 is 0. The summed E-state index contributed by atoms with van der Waals surface area (Å²) in [7, 11) is -0.470. The molecule has 4 aromatic rings. The van der Waals surface area contributed by atoms with E-state index in [1.165, 1.54) is 24.3 Å². The number of halogens is 4. The predicted molar refractivity (Wildman–Crippen MR) is 138 cm³/mol. The quantitative estimate of drug-likeness (QED) is 0.130. The number of benzene rings is 4. The molecule has 0 saturated carbocycles. The van der Waals surface area contributed by atoms with Crippen molar-refractivity contribution in [3.63, 3.8) is 0 Å². The second kappa shape index (κ2) is 11.3. The Bertz CT molecular complexity index is 1350. The highest BCUT2D eigenvalue weighted by atomic mass is 32.2. The SMILES string of the molecule is CC(C)(OC(=O)COc1ccc([S+](c2ccccc2)c2ccc(F)cc2)cc1)c1ccc(C(F)(F)F)cc1. The van der Waals surface area contributed by atoms with Gasteiger partial charge in [0.25, 0.3) is 0 Å². The van der Waals surface area contributed by atoms with Gasteiger partial charge in [0.15, 0.2) is 21.3 Å². The number of alkyl halides is 3. The highest BCUT2D eigenvalue weighted by Gasteiger charge is 2.32. The molecule has 0 bridgehead atoms. The lowest BCUT2D eigenvalue weighted by Crippen LogP contribution is -2.28.